The number of esters is 1. The largest absolute Gasteiger partial charge is 0.457 e. The maximum Gasteiger partial charge on any atom is 0.339 e. The zero-order chi connectivity index (χ0) is 20.8. The zero-order valence-electron chi connectivity index (χ0n) is 15.2. The number of carbonyl (C=O) groups is 1. The van der Waals surface area contributed by atoms with E-state index in [1.165, 1.54) is 24.4 Å². The third-order valence-electron chi connectivity index (χ3n) is 4.53. The highest BCUT2D eigenvalue weighted by Gasteiger charge is 2.25. The number of carbonyl (C=O) groups excluding carboxylic acids is 1. The second-order valence-corrected chi connectivity index (χ2v) is 8.77. The summed E-state index contributed by atoms with van der Waals surface area (Å²) in [6.45, 7) is 1.84. The molecule has 0 saturated heterocycles. The van der Waals surface area contributed by atoms with Crippen molar-refractivity contribution in [1.82, 2.24) is 4.90 Å². The summed E-state index contributed by atoms with van der Waals surface area (Å²) in [5, 5.41) is 1.08. The molecule has 0 aliphatic carbocycles. The summed E-state index contributed by atoms with van der Waals surface area (Å²) >= 11 is 6.16. The molecule has 2 aliphatic heterocycles. The Morgan fingerprint density at radius 3 is 2.90 bits per heavy atom. The van der Waals surface area contributed by atoms with Crippen molar-refractivity contribution < 1.29 is 22.4 Å². The molecule has 29 heavy (non-hydrogen) atoms. The van der Waals surface area contributed by atoms with E-state index in [0.29, 0.717) is 21.6 Å². The van der Waals surface area contributed by atoms with E-state index in [-0.39, 0.29) is 30.3 Å². The monoisotopic (exact) mass is 434 g/mol. The SMILES string of the molecule is Cc1cc2oc(=O)cc(COC(=O)C3=CN4CCS(=O)(=O)N=C4C=C3)c2cc1Cl. The Morgan fingerprint density at radius 1 is 1.31 bits per heavy atom. The standard InChI is InChI=1S/C19H15ClN2O6S/c1-11-6-16-14(8-15(11)20)13(7-18(23)28-16)10-27-19(24)12-2-3-17-21-29(25,26)5-4-22(17)9-12/h2-3,6-9H,4-5,10H2,1H3. The Balaban J connectivity index is 1.55. The first-order valence-electron chi connectivity index (χ1n) is 8.61. The van der Waals surface area contributed by atoms with Gasteiger partial charge in [0, 0.05) is 34.8 Å². The Morgan fingerprint density at radius 2 is 2.10 bits per heavy atom. The summed E-state index contributed by atoms with van der Waals surface area (Å²) in [6.07, 6.45) is 4.38. The maximum atomic E-state index is 12.5. The lowest BCUT2D eigenvalue weighted by Gasteiger charge is -2.26. The van der Waals surface area contributed by atoms with Crippen LogP contribution >= 0.6 is 11.6 Å². The molecule has 10 heteroatoms. The molecule has 0 radical (unpaired) electrons. The minimum atomic E-state index is -3.47. The number of ether oxygens (including phenoxy) is 1. The Labute approximate surface area is 170 Å². The summed E-state index contributed by atoms with van der Waals surface area (Å²) in [6, 6.07) is 4.57. The average Bonchev–Trinajstić information content (AvgIpc) is 2.66. The molecule has 0 bridgehead atoms. The second kappa shape index (κ2) is 7.16. The molecule has 150 valence electrons. The molecular weight excluding hydrogens is 420 g/mol. The predicted octanol–water partition coefficient (Wildman–Crippen LogP) is 2.30. The van der Waals surface area contributed by atoms with Gasteiger partial charge in [0.05, 0.1) is 11.3 Å². The summed E-state index contributed by atoms with van der Waals surface area (Å²) in [4.78, 5) is 25.9. The third-order valence-corrected chi connectivity index (χ3v) is 6.10. The minimum absolute atomic E-state index is 0.130. The van der Waals surface area contributed by atoms with Crippen LogP contribution in [-0.2, 0) is 26.2 Å². The first-order valence-corrected chi connectivity index (χ1v) is 10.6. The molecule has 8 nitrogen and oxygen atoms in total. The van der Waals surface area contributed by atoms with Gasteiger partial charge in [-0.1, -0.05) is 11.6 Å². The van der Waals surface area contributed by atoms with Gasteiger partial charge in [-0.3, -0.25) is 0 Å². The predicted molar refractivity (Wildman–Crippen MR) is 107 cm³/mol. The van der Waals surface area contributed by atoms with Gasteiger partial charge in [0.1, 0.15) is 18.0 Å². The second-order valence-electron chi connectivity index (χ2n) is 6.61. The van der Waals surface area contributed by atoms with Crippen LogP contribution < -0.4 is 5.63 Å². The van der Waals surface area contributed by atoms with Crippen molar-refractivity contribution in [3.8, 4) is 0 Å². The number of amidine groups is 1. The van der Waals surface area contributed by atoms with E-state index in [1.54, 1.807) is 24.0 Å². The lowest BCUT2D eigenvalue weighted by molar-refractivity contribution is -0.139. The van der Waals surface area contributed by atoms with Crippen molar-refractivity contribution in [1.29, 1.82) is 0 Å². The van der Waals surface area contributed by atoms with Crippen molar-refractivity contribution in [2.24, 2.45) is 4.40 Å². The number of sulfonamides is 1. The number of hydrogen-bond acceptors (Lipinski definition) is 7. The molecule has 1 aromatic carbocycles. The van der Waals surface area contributed by atoms with E-state index in [2.05, 4.69) is 4.40 Å². The molecule has 4 rings (SSSR count). The molecule has 2 aliphatic rings. The summed E-state index contributed by atoms with van der Waals surface area (Å²) in [7, 11) is -3.47. The molecule has 0 atom stereocenters. The van der Waals surface area contributed by atoms with Gasteiger partial charge in [0.2, 0.25) is 0 Å². The van der Waals surface area contributed by atoms with Crippen molar-refractivity contribution in [3.05, 3.63) is 68.7 Å². The van der Waals surface area contributed by atoms with Gasteiger partial charge in [-0.05, 0) is 36.8 Å². The molecular formula is C19H15ClN2O6S. The molecule has 0 N–H and O–H groups in total. The Hall–Kier alpha value is -2.91. The highest BCUT2D eigenvalue weighted by Crippen LogP contribution is 2.26. The van der Waals surface area contributed by atoms with E-state index in [1.807, 2.05) is 0 Å². The molecule has 0 spiro atoms. The van der Waals surface area contributed by atoms with Gasteiger partial charge in [-0.2, -0.15) is 0 Å². The fourth-order valence-electron chi connectivity index (χ4n) is 3.02. The first-order chi connectivity index (χ1) is 13.7. The lowest BCUT2D eigenvalue weighted by atomic mass is 10.1. The number of benzene rings is 1. The van der Waals surface area contributed by atoms with Crippen LogP contribution in [0.15, 0.2) is 55.7 Å². The maximum absolute atomic E-state index is 12.5. The summed E-state index contributed by atoms with van der Waals surface area (Å²) in [5.74, 6) is -0.493. The van der Waals surface area contributed by atoms with Crippen molar-refractivity contribution in [2.45, 2.75) is 13.5 Å². The number of fused-ring (bicyclic) bond motifs is 2. The number of rotatable bonds is 3. The number of halogens is 1. The van der Waals surface area contributed by atoms with Gasteiger partial charge >= 0.3 is 11.6 Å². The van der Waals surface area contributed by atoms with Crippen LogP contribution in [0.3, 0.4) is 0 Å². The van der Waals surface area contributed by atoms with Gasteiger partial charge in [0.15, 0.2) is 0 Å². The van der Waals surface area contributed by atoms with Gasteiger partial charge in [-0.25, -0.2) is 18.0 Å². The summed E-state index contributed by atoms with van der Waals surface area (Å²) in [5.41, 5.74) is 1.27. The van der Waals surface area contributed by atoms with Crippen LogP contribution in [0.2, 0.25) is 5.02 Å². The first kappa shape index (κ1) is 19.4. The van der Waals surface area contributed by atoms with E-state index in [4.69, 9.17) is 20.8 Å². The number of nitrogens with zero attached hydrogens (tertiary/aromatic N) is 2. The van der Waals surface area contributed by atoms with Gasteiger partial charge < -0.3 is 14.1 Å². The molecule has 3 heterocycles. The molecule has 2 aromatic rings. The molecule has 0 saturated carbocycles. The van der Waals surface area contributed by atoms with E-state index >= 15 is 0 Å². The van der Waals surface area contributed by atoms with Crippen LogP contribution in [0.5, 0.6) is 0 Å². The minimum Gasteiger partial charge on any atom is -0.457 e. The lowest BCUT2D eigenvalue weighted by Crippen LogP contribution is -2.37. The van der Waals surface area contributed by atoms with Gasteiger partial charge in [-0.15, -0.1) is 4.40 Å². The van der Waals surface area contributed by atoms with Crippen LogP contribution in [0, 0.1) is 6.92 Å². The van der Waals surface area contributed by atoms with Crippen LogP contribution in [-0.4, -0.2) is 37.4 Å². The molecule has 1 aromatic heterocycles. The number of hydrogen-bond donors (Lipinski definition) is 0. The fraction of sp³-hybridized carbons (Fsp3) is 0.211. The normalized spacial score (nSPS) is 17.5. The molecule has 0 unspecified atom stereocenters. The van der Waals surface area contributed by atoms with E-state index in [0.717, 1.165) is 5.56 Å². The van der Waals surface area contributed by atoms with E-state index < -0.39 is 21.6 Å². The Kier molecular flexibility index (Phi) is 4.79. The van der Waals surface area contributed by atoms with Gasteiger partial charge in [0.25, 0.3) is 10.0 Å². The van der Waals surface area contributed by atoms with Crippen molar-refractivity contribution >= 4 is 44.4 Å². The zero-order valence-corrected chi connectivity index (χ0v) is 16.8. The Bertz CT molecular complexity index is 1290. The average molecular weight is 435 g/mol. The fourth-order valence-corrected chi connectivity index (χ4v) is 4.15. The summed E-state index contributed by atoms with van der Waals surface area (Å²) < 4.78 is 37.3. The van der Waals surface area contributed by atoms with Crippen LogP contribution in [0.1, 0.15) is 11.1 Å². The van der Waals surface area contributed by atoms with E-state index in [9.17, 15) is 18.0 Å². The molecule has 0 fully saturated rings. The highest BCUT2D eigenvalue weighted by atomic mass is 35.5. The van der Waals surface area contributed by atoms with Crippen LogP contribution in [0.25, 0.3) is 11.0 Å². The highest BCUT2D eigenvalue weighted by molar-refractivity contribution is 7.90. The van der Waals surface area contributed by atoms with Crippen molar-refractivity contribution in [3.63, 3.8) is 0 Å². The smallest absolute Gasteiger partial charge is 0.339 e. The van der Waals surface area contributed by atoms with Crippen molar-refractivity contribution in [2.75, 3.05) is 12.3 Å². The quantitative estimate of drug-likeness (QED) is 0.539. The molecule has 0 amide bonds. The topological polar surface area (TPSA) is 106 Å². The van der Waals surface area contributed by atoms with Crippen LogP contribution in [0.4, 0.5) is 0 Å². The number of aryl methyl sites for hydroxylation is 1. The third kappa shape index (κ3) is 3.96.